The van der Waals surface area contributed by atoms with Crippen molar-refractivity contribution in [3.8, 4) is 5.75 Å². The van der Waals surface area contributed by atoms with Crippen molar-refractivity contribution >= 4 is 40.3 Å². The van der Waals surface area contributed by atoms with E-state index in [1.165, 1.54) is 13.2 Å². The van der Waals surface area contributed by atoms with Crippen molar-refractivity contribution in [1.82, 2.24) is 0 Å². The molecular weight excluding hydrogens is 454 g/mol. The van der Waals surface area contributed by atoms with Gasteiger partial charge in [0.25, 0.3) is 0 Å². The molecule has 0 aliphatic carbocycles. The molecule has 0 aliphatic rings. The predicted molar refractivity (Wildman–Crippen MR) is 133 cm³/mol. The van der Waals surface area contributed by atoms with E-state index in [-0.39, 0.29) is 5.75 Å². The van der Waals surface area contributed by atoms with E-state index >= 15 is 0 Å². The van der Waals surface area contributed by atoms with Crippen molar-refractivity contribution in [2.45, 2.75) is 29.9 Å². The average molecular weight is 482 g/mol. The number of hydrogen-bond acceptors (Lipinski definition) is 6. The van der Waals surface area contributed by atoms with Crippen molar-refractivity contribution in [2.75, 3.05) is 18.7 Å². The maximum atomic E-state index is 12.9. The molecule has 0 saturated heterocycles. The third-order valence-corrected chi connectivity index (χ3v) is 6.07. The van der Waals surface area contributed by atoms with E-state index in [0.29, 0.717) is 29.5 Å². The van der Waals surface area contributed by atoms with Crippen LogP contribution in [-0.4, -0.2) is 41.7 Å². The number of nitrogens with one attached hydrogen (secondary N) is 1. The number of carbonyl (C=O) groups excluding carboxylic acids is 1. The number of carbonyl (C=O) groups is 2. The molecule has 0 aromatic heterocycles. The van der Waals surface area contributed by atoms with Gasteiger partial charge in [0.15, 0.2) is 6.10 Å². The Morgan fingerprint density at radius 1 is 1.06 bits per heavy atom. The first-order valence-corrected chi connectivity index (χ1v) is 11.9. The van der Waals surface area contributed by atoms with Crippen LogP contribution in [0.4, 0.5) is 10.5 Å². The molecule has 3 aromatic carbocycles. The fourth-order valence-electron chi connectivity index (χ4n) is 3.67. The highest BCUT2D eigenvalue weighted by Gasteiger charge is 2.29. The summed E-state index contributed by atoms with van der Waals surface area (Å²) >= 11 is 1.60. The summed E-state index contributed by atoms with van der Waals surface area (Å²) in [5, 5.41) is 23.2. The Hall–Kier alpha value is -3.49. The first-order valence-electron chi connectivity index (χ1n) is 10.7. The molecule has 0 fully saturated rings. The third-order valence-electron chi connectivity index (χ3n) is 5.33. The second-order valence-corrected chi connectivity index (χ2v) is 8.37. The van der Waals surface area contributed by atoms with Crippen LogP contribution in [0, 0.1) is 0 Å². The summed E-state index contributed by atoms with van der Waals surface area (Å²) in [7, 11) is 1.52. The standard InChI is InChI=1S/C26H27NO6S/c1-32-23(9-5-6-10-24(29)30)25(21-15-16-22(28)20-8-4-3-7-19(20)21)33-26(31)27-17-11-13-18(34-2)14-12-17/h3-4,6-8,10-16,23,25,28H,5,9H2,1-2H3,(H,27,31)(H,29,30)/b10-6+/t23-,25-/m1/s1. The molecule has 0 unspecified atom stereocenters. The van der Waals surface area contributed by atoms with Crippen LogP contribution in [0.1, 0.15) is 24.5 Å². The molecule has 7 nitrogen and oxygen atoms in total. The number of amides is 1. The van der Waals surface area contributed by atoms with Gasteiger partial charge in [0.1, 0.15) is 5.75 Å². The van der Waals surface area contributed by atoms with Crippen molar-refractivity contribution in [2.24, 2.45) is 0 Å². The molecule has 1 amide bonds. The second kappa shape index (κ2) is 12.1. The van der Waals surface area contributed by atoms with Gasteiger partial charge < -0.3 is 19.7 Å². The largest absolute Gasteiger partial charge is 0.507 e. The molecule has 0 heterocycles. The van der Waals surface area contributed by atoms with Crippen LogP contribution >= 0.6 is 11.8 Å². The van der Waals surface area contributed by atoms with Crippen LogP contribution in [-0.2, 0) is 14.3 Å². The number of anilines is 1. The lowest BCUT2D eigenvalue weighted by Crippen LogP contribution is -2.28. The quantitative estimate of drug-likeness (QED) is 0.241. The Morgan fingerprint density at radius 2 is 1.76 bits per heavy atom. The number of fused-ring (bicyclic) bond motifs is 1. The molecule has 2 atom stereocenters. The molecule has 0 spiro atoms. The van der Waals surface area contributed by atoms with Gasteiger partial charge >= 0.3 is 12.1 Å². The minimum atomic E-state index is -1.03. The van der Waals surface area contributed by atoms with E-state index in [2.05, 4.69) is 5.32 Å². The van der Waals surface area contributed by atoms with Gasteiger partial charge in [0.2, 0.25) is 0 Å². The molecule has 0 radical (unpaired) electrons. The number of rotatable bonds is 10. The van der Waals surface area contributed by atoms with E-state index in [4.69, 9.17) is 14.6 Å². The van der Waals surface area contributed by atoms with Gasteiger partial charge in [-0.3, -0.25) is 5.32 Å². The Bertz CT molecular complexity index is 1160. The average Bonchev–Trinajstić information content (AvgIpc) is 2.84. The van der Waals surface area contributed by atoms with Gasteiger partial charge in [-0.1, -0.05) is 36.4 Å². The molecule has 3 N–H and O–H groups in total. The summed E-state index contributed by atoms with van der Waals surface area (Å²) in [4.78, 5) is 24.7. The maximum Gasteiger partial charge on any atom is 0.412 e. The van der Waals surface area contributed by atoms with Gasteiger partial charge in [-0.2, -0.15) is 0 Å². The molecule has 8 heteroatoms. The van der Waals surface area contributed by atoms with Gasteiger partial charge in [-0.15, -0.1) is 11.8 Å². The minimum absolute atomic E-state index is 0.120. The van der Waals surface area contributed by atoms with E-state index in [1.54, 1.807) is 42.1 Å². The van der Waals surface area contributed by atoms with Crippen molar-refractivity contribution in [3.05, 3.63) is 78.4 Å². The van der Waals surface area contributed by atoms with Gasteiger partial charge in [-0.25, -0.2) is 9.59 Å². The summed E-state index contributed by atoms with van der Waals surface area (Å²) in [6, 6.07) is 17.9. The number of aliphatic carboxylic acids is 1. The Balaban J connectivity index is 1.90. The fourth-order valence-corrected chi connectivity index (χ4v) is 4.08. The number of ether oxygens (including phenoxy) is 2. The monoisotopic (exact) mass is 481 g/mol. The topological polar surface area (TPSA) is 105 Å². The highest BCUT2D eigenvalue weighted by atomic mass is 32.2. The number of benzene rings is 3. The number of thioether (sulfide) groups is 1. The van der Waals surface area contributed by atoms with Crippen LogP contribution in [0.25, 0.3) is 10.8 Å². The first-order chi connectivity index (χ1) is 16.4. The number of allylic oxidation sites excluding steroid dienone is 1. The van der Waals surface area contributed by atoms with Gasteiger partial charge in [-0.05, 0) is 54.8 Å². The van der Waals surface area contributed by atoms with E-state index in [0.717, 1.165) is 16.4 Å². The normalized spacial score (nSPS) is 13.0. The Labute approximate surface area is 202 Å². The summed E-state index contributed by atoms with van der Waals surface area (Å²) in [5.41, 5.74) is 1.27. The highest BCUT2D eigenvalue weighted by molar-refractivity contribution is 7.98. The summed E-state index contributed by atoms with van der Waals surface area (Å²) < 4.78 is 11.6. The maximum absolute atomic E-state index is 12.9. The molecule has 0 saturated carbocycles. The number of methoxy groups -OCH3 is 1. The first kappa shape index (κ1) is 25.1. The Kier molecular flexibility index (Phi) is 8.95. The lowest BCUT2D eigenvalue weighted by atomic mass is 9.94. The number of aromatic hydroxyl groups is 1. The zero-order chi connectivity index (χ0) is 24.5. The highest BCUT2D eigenvalue weighted by Crippen LogP contribution is 2.36. The van der Waals surface area contributed by atoms with Crippen molar-refractivity contribution in [1.29, 1.82) is 0 Å². The lowest BCUT2D eigenvalue weighted by Gasteiger charge is -2.27. The summed E-state index contributed by atoms with van der Waals surface area (Å²) in [5.74, 6) is -0.909. The van der Waals surface area contributed by atoms with E-state index < -0.39 is 24.3 Å². The van der Waals surface area contributed by atoms with E-state index in [1.807, 2.05) is 36.6 Å². The molecule has 34 heavy (non-hydrogen) atoms. The van der Waals surface area contributed by atoms with Crippen LogP contribution in [0.2, 0.25) is 0 Å². The molecule has 3 aromatic rings. The van der Waals surface area contributed by atoms with Crippen LogP contribution < -0.4 is 5.32 Å². The number of phenols is 1. The molecule has 178 valence electrons. The minimum Gasteiger partial charge on any atom is -0.507 e. The third kappa shape index (κ3) is 6.52. The van der Waals surface area contributed by atoms with Crippen LogP contribution in [0.15, 0.2) is 77.7 Å². The molecule has 0 bridgehead atoms. The predicted octanol–water partition coefficient (Wildman–Crippen LogP) is 5.99. The second-order valence-electron chi connectivity index (χ2n) is 7.49. The number of phenolic OH excluding ortho intramolecular Hbond substituents is 1. The van der Waals surface area contributed by atoms with Gasteiger partial charge in [0, 0.05) is 34.7 Å². The van der Waals surface area contributed by atoms with Gasteiger partial charge in [0.05, 0.1) is 6.10 Å². The van der Waals surface area contributed by atoms with Crippen LogP contribution in [0.3, 0.4) is 0 Å². The SMILES string of the molecule is CO[C@H](CC/C=C/C(=O)O)[C@H](OC(=O)Nc1ccc(SC)cc1)c1ccc(O)c2ccccc12. The van der Waals surface area contributed by atoms with E-state index in [9.17, 15) is 14.7 Å². The molecule has 0 aliphatic heterocycles. The molecular formula is C26H27NO6S. The van der Waals surface area contributed by atoms with Crippen molar-refractivity contribution < 1.29 is 29.3 Å². The van der Waals surface area contributed by atoms with Crippen LogP contribution in [0.5, 0.6) is 5.75 Å². The zero-order valence-electron chi connectivity index (χ0n) is 18.9. The summed E-state index contributed by atoms with van der Waals surface area (Å²) in [6.07, 6.45) is 3.39. The zero-order valence-corrected chi connectivity index (χ0v) is 19.7. The Morgan fingerprint density at radius 3 is 2.41 bits per heavy atom. The number of carboxylic acid groups (broad SMARTS) is 1. The number of hydrogen-bond donors (Lipinski definition) is 3. The summed E-state index contributed by atoms with van der Waals surface area (Å²) in [6.45, 7) is 0. The van der Waals surface area contributed by atoms with Crippen molar-refractivity contribution in [3.63, 3.8) is 0 Å². The molecule has 3 rings (SSSR count). The smallest absolute Gasteiger partial charge is 0.412 e. The lowest BCUT2D eigenvalue weighted by molar-refractivity contribution is -0.131. The number of carboxylic acids is 1. The fraction of sp³-hybridized carbons (Fsp3) is 0.231.